The van der Waals surface area contributed by atoms with Crippen LogP contribution in [0.15, 0.2) is 24.3 Å². The number of fused-ring (bicyclic) bond motifs is 1. The predicted octanol–water partition coefficient (Wildman–Crippen LogP) is 3.30. The summed E-state index contributed by atoms with van der Waals surface area (Å²) in [5.41, 5.74) is 2.70. The molecule has 1 aliphatic rings. The summed E-state index contributed by atoms with van der Waals surface area (Å²) < 4.78 is 0. The van der Waals surface area contributed by atoms with Crippen LogP contribution in [0.4, 0.5) is 0 Å². The monoisotopic (exact) mass is 164 g/mol. The van der Waals surface area contributed by atoms with Crippen molar-refractivity contribution in [1.29, 1.82) is 0 Å². The van der Waals surface area contributed by atoms with Crippen molar-refractivity contribution in [2.24, 2.45) is 0 Å². The van der Waals surface area contributed by atoms with Crippen LogP contribution in [0.1, 0.15) is 17.5 Å². The Morgan fingerprint density at radius 1 is 1.27 bits per heavy atom. The molecule has 1 heteroatoms. The molecule has 1 aliphatic carbocycles. The van der Waals surface area contributed by atoms with Crippen molar-refractivity contribution in [2.75, 3.05) is 0 Å². The Labute approximate surface area is 71.5 Å². The van der Waals surface area contributed by atoms with E-state index in [1.54, 1.807) is 0 Å². The summed E-state index contributed by atoms with van der Waals surface area (Å²) in [5.74, 6) is 0. The van der Waals surface area contributed by atoms with Crippen LogP contribution >= 0.6 is 11.6 Å². The lowest BCUT2D eigenvalue weighted by Crippen LogP contribution is -1.92. The second kappa shape index (κ2) is 2.71. The summed E-state index contributed by atoms with van der Waals surface area (Å²) in [7, 11) is 0. The Hall–Kier alpha value is -0.750. The summed E-state index contributed by atoms with van der Waals surface area (Å²) in [5, 5.41) is 0.846. The van der Waals surface area contributed by atoms with E-state index >= 15 is 0 Å². The standard InChI is InChI=1S/C10H9Cl/c11-10-6-5-8-3-1-2-4-9(8)7-10/h1,3,5-7H,2,4H2. The average molecular weight is 165 g/mol. The molecule has 0 saturated carbocycles. The number of hydrogen-bond donors (Lipinski definition) is 0. The zero-order valence-corrected chi connectivity index (χ0v) is 6.93. The molecule has 0 N–H and O–H groups in total. The molecule has 56 valence electrons. The quantitative estimate of drug-likeness (QED) is 0.552. The molecule has 0 fully saturated rings. The van der Waals surface area contributed by atoms with Gasteiger partial charge in [0.2, 0.25) is 0 Å². The molecule has 0 unspecified atom stereocenters. The average Bonchev–Trinajstić information content (AvgIpc) is 2.04. The summed E-state index contributed by atoms with van der Waals surface area (Å²) >= 11 is 5.85. The van der Waals surface area contributed by atoms with E-state index in [-0.39, 0.29) is 0 Å². The third kappa shape index (κ3) is 1.31. The predicted molar refractivity (Wildman–Crippen MR) is 48.8 cm³/mol. The molecule has 0 atom stereocenters. The van der Waals surface area contributed by atoms with Crippen LogP contribution in [0.2, 0.25) is 5.02 Å². The maximum atomic E-state index is 5.85. The van der Waals surface area contributed by atoms with Gasteiger partial charge < -0.3 is 0 Å². The van der Waals surface area contributed by atoms with Gasteiger partial charge in [-0.1, -0.05) is 29.8 Å². The van der Waals surface area contributed by atoms with Crippen LogP contribution in [0.5, 0.6) is 0 Å². The fourth-order valence-electron chi connectivity index (χ4n) is 1.40. The van der Waals surface area contributed by atoms with Gasteiger partial charge in [0, 0.05) is 5.02 Å². The van der Waals surface area contributed by atoms with Crippen molar-refractivity contribution >= 4 is 17.7 Å². The Bertz CT molecular complexity index is 300. The molecule has 0 radical (unpaired) electrons. The van der Waals surface area contributed by atoms with Gasteiger partial charge in [-0.2, -0.15) is 0 Å². The number of rotatable bonds is 0. The molecular weight excluding hydrogens is 156 g/mol. The van der Waals surface area contributed by atoms with Gasteiger partial charge in [-0.25, -0.2) is 0 Å². The molecule has 0 saturated heterocycles. The molecular formula is C10H9Cl. The van der Waals surface area contributed by atoms with Crippen molar-refractivity contribution in [3.63, 3.8) is 0 Å². The van der Waals surface area contributed by atoms with E-state index in [4.69, 9.17) is 11.6 Å². The normalized spacial score (nSPS) is 14.6. The van der Waals surface area contributed by atoms with Crippen molar-refractivity contribution in [3.8, 4) is 0 Å². The molecule has 1 aromatic carbocycles. The smallest absolute Gasteiger partial charge is 0.0409 e. The third-order valence-electron chi connectivity index (χ3n) is 1.98. The molecule has 0 bridgehead atoms. The van der Waals surface area contributed by atoms with Gasteiger partial charge in [-0.15, -0.1) is 0 Å². The van der Waals surface area contributed by atoms with Gasteiger partial charge in [0.1, 0.15) is 0 Å². The zero-order valence-electron chi connectivity index (χ0n) is 6.18. The summed E-state index contributed by atoms with van der Waals surface area (Å²) in [6, 6.07) is 6.07. The zero-order chi connectivity index (χ0) is 7.68. The van der Waals surface area contributed by atoms with Crippen LogP contribution in [0.3, 0.4) is 0 Å². The first-order chi connectivity index (χ1) is 5.36. The van der Waals surface area contributed by atoms with Crippen molar-refractivity contribution in [3.05, 3.63) is 40.4 Å². The number of allylic oxidation sites excluding steroid dienone is 1. The van der Waals surface area contributed by atoms with E-state index in [0.29, 0.717) is 0 Å². The highest BCUT2D eigenvalue weighted by atomic mass is 35.5. The first-order valence-corrected chi connectivity index (χ1v) is 4.19. The lowest BCUT2D eigenvalue weighted by atomic mass is 9.98. The Kier molecular flexibility index (Phi) is 1.71. The Morgan fingerprint density at radius 3 is 3.09 bits per heavy atom. The Morgan fingerprint density at radius 2 is 2.18 bits per heavy atom. The number of halogens is 1. The number of hydrogen-bond acceptors (Lipinski definition) is 0. The van der Waals surface area contributed by atoms with Crippen molar-refractivity contribution in [1.82, 2.24) is 0 Å². The van der Waals surface area contributed by atoms with E-state index in [0.717, 1.165) is 17.9 Å². The summed E-state index contributed by atoms with van der Waals surface area (Å²) in [6.45, 7) is 0. The molecule has 1 aromatic rings. The lowest BCUT2D eigenvalue weighted by molar-refractivity contribution is 0.986. The maximum Gasteiger partial charge on any atom is 0.0409 e. The van der Waals surface area contributed by atoms with Crippen LogP contribution in [-0.4, -0.2) is 0 Å². The SMILES string of the molecule is Clc1ccc2c(c1)CCC=C2. The molecule has 2 rings (SSSR count). The van der Waals surface area contributed by atoms with E-state index in [1.807, 2.05) is 6.07 Å². The molecule has 0 heterocycles. The van der Waals surface area contributed by atoms with E-state index < -0.39 is 0 Å². The van der Waals surface area contributed by atoms with Gasteiger partial charge in [0.05, 0.1) is 0 Å². The summed E-state index contributed by atoms with van der Waals surface area (Å²) in [6.07, 6.45) is 6.64. The molecule has 11 heavy (non-hydrogen) atoms. The van der Waals surface area contributed by atoms with Gasteiger partial charge in [0.25, 0.3) is 0 Å². The van der Waals surface area contributed by atoms with Gasteiger partial charge in [-0.3, -0.25) is 0 Å². The van der Waals surface area contributed by atoms with E-state index in [1.165, 1.54) is 11.1 Å². The highest BCUT2D eigenvalue weighted by molar-refractivity contribution is 6.30. The van der Waals surface area contributed by atoms with E-state index in [2.05, 4.69) is 24.3 Å². The first-order valence-electron chi connectivity index (χ1n) is 3.81. The molecule has 0 aromatic heterocycles. The fourth-order valence-corrected chi connectivity index (χ4v) is 1.60. The molecule has 0 aliphatic heterocycles. The molecule has 0 nitrogen and oxygen atoms in total. The second-order valence-electron chi connectivity index (χ2n) is 2.78. The molecule has 0 amide bonds. The topological polar surface area (TPSA) is 0 Å². The van der Waals surface area contributed by atoms with Crippen molar-refractivity contribution < 1.29 is 0 Å². The third-order valence-corrected chi connectivity index (χ3v) is 2.22. The minimum Gasteiger partial charge on any atom is -0.0843 e. The van der Waals surface area contributed by atoms with Crippen LogP contribution in [0, 0.1) is 0 Å². The maximum absolute atomic E-state index is 5.85. The number of aryl methyl sites for hydroxylation is 1. The summed E-state index contributed by atoms with van der Waals surface area (Å²) in [4.78, 5) is 0. The van der Waals surface area contributed by atoms with Crippen molar-refractivity contribution in [2.45, 2.75) is 12.8 Å². The van der Waals surface area contributed by atoms with Crippen LogP contribution in [0.25, 0.3) is 6.08 Å². The Balaban J connectivity index is 2.53. The first kappa shape index (κ1) is 6.93. The largest absolute Gasteiger partial charge is 0.0843 e. The fraction of sp³-hybridized carbons (Fsp3) is 0.200. The highest BCUT2D eigenvalue weighted by Crippen LogP contribution is 2.22. The minimum atomic E-state index is 0.846. The van der Waals surface area contributed by atoms with E-state index in [9.17, 15) is 0 Å². The van der Waals surface area contributed by atoms with Gasteiger partial charge >= 0.3 is 0 Å². The van der Waals surface area contributed by atoms with Crippen LogP contribution in [-0.2, 0) is 6.42 Å². The van der Waals surface area contributed by atoms with Crippen LogP contribution < -0.4 is 0 Å². The van der Waals surface area contributed by atoms with Gasteiger partial charge in [-0.05, 0) is 36.1 Å². The van der Waals surface area contributed by atoms with Gasteiger partial charge in [0.15, 0.2) is 0 Å². The number of benzene rings is 1. The lowest BCUT2D eigenvalue weighted by Gasteiger charge is -2.09. The second-order valence-corrected chi connectivity index (χ2v) is 3.22. The minimum absolute atomic E-state index is 0.846. The molecule has 0 spiro atoms. The highest BCUT2D eigenvalue weighted by Gasteiger charge is 2.03.